The number of aryl methyl sites for hydroxylation is 1. The van der Waals surface area contributed by atoms with Crippen LogP contribution in [0.25, 0.3) is 0 Å². The molecule has 1 atom stereocenters. The van der Waals surface area contributed by atoms with Gasteiger partial charge in [-0.05, 0) is 18.9 Å². The van der Waals surface area contributed by atoms with E-state index < -0.39 is 11.3 Å². The van der Waals surface area contributed by atoms with Crippen LogP contribution in [0.5, 0.6) is 0 Å². The highest BCUT2D eigenvalue weighted by atomic mass is 14.5. The molecule has 1 rings (SSSR count). The Morgan fingerprint density at radius 1 is 1.21 bits per heavy atom. The van der Waals surface area contributed by atoms with Crippen molar-refractivity contribution in [1.29, 1.82) is 15.8 Å². The average Bonchev–Trinajstić information content (AvgIpc) is 2.44. The van der Waals surface area contributed by atoms with Crippen molar-refractivity contribution in [2.45, 2.75) is 25.7 Å². The molecule has 1 aromatic rings. The van der Waals surface area contributed by atoms with Crippen molar-refractivity contribution in [3.63, 3.8) is 0 Å². The molecule has 0 heterocycles. The lowest BCUT2D eigenvalue weighted by molar-refractivity contribution is 0.418. The summed E-state index contributed by atoms with van der Waals surface area (Å²) in [5, 5.41) is 27.8. The van der Waals surface area contributed by atoms with Crippen molar-refractivity contribution in [2.75, 3.05) is 0 Å². The van der Waals surface area contributed by atoms with E-state index in [1.54, 1.807) is 6.08 Å². The Morgan fingerprint density at radius 2 is 1.79 bits per heavy atom. The second kappa shape index (κ2) is 6.39. The molecule has 0 saturated heterocycles. The summed E-state index contributed by atoms with van der Waals surface area (Å²) in [6.07, 6.45) is 1.95. The predicted octanol–water partition coefficient (Wildman–Crippen LogP) is 3.60. The normalized spacial score (nSPS) is 11.7. The lowest BCUT2D eigenvalue weighted by Gasteiger charge is -2.26. The Balaban J connectivity index is 3.31. The molecule has 0 radical (unpaired) electrons. The zero-order valence-electron chi connectivity index (χ0n) is 10.9. The third kappa shape index (κ3) is 3.01. The lowest BCUT2D eigenvalue weighted by atomic mass is 9.70. The van der Waals surface area contributed by atoms with E-state index in [1.807, 2.05) is 31.2 Å². The molecule has 0 spiro atoms. The van der Waals surface area contributed by atoms with Crippen LogP contribution >= 0.6 is 0 Å². The number of allylic oxidation sites excluding steroid dienone is 1. The van der Waals surface area contributed by atoms with Crippen molar-refractivity contribution in [2.24, 2.45) is 5.41 Å². The predicted molar refractivity (Wildman–Crippen MR) is 72.6 cm³/mol. The first-order valence-corrected chi connectivity index (χ1v) is 6.00. The summed E-state index contributed by atoms with van der Waals surface area (Å²) in [6.45, 7) is 5.57. The Morgan fingerprint density at radius 3 is 2.21 bits per heavy atom. The Hall–Kier alpha value is -2.57. The molecule has 19 heavy (non-hydrogen) atoms. The molecule has 0 bridgehead atoms. The molecule has 0 saturated carbocycles. The SMILES string of the molecule is C=CCC(C#N)(C#N)C(CC#N)c1ccc(C)cc1. The maximum Gasteiger partial charge on any atom is 0.155 e. The van der Waals surface area contributed by atoms with Gasteiger partial charge in [0, 0.05) is 12.3 Å². The maximum absolute atomic E-state index is 9.39. The fraction of sp³-hybridized carbons (Fsp3) is 0.312. The minimum Gasteiger partial charge on any atom is -0.198 e. The van der Waals surface area contributed by atoms with E-state index in [0.717, 1.165) is 11.1 Å². The van der Waals surface area contributed by atoms with Gasteiger partial charge in [0.2, 0.25) is 0 Å². The van der Waals surface area contributed by atoms with Gasteiger partial charge in [0.25, 0.3) is 0 Å². The van der Waals surface area contributed by atoms with Gasteiger partial charge in [0.1, 0.15) is 0 Å². The molecular weight excluding hydrogens is 234 g/mol. The molecule has 0 aromatic heterocycles. The van der Waals surface area contributed by atoms with Crippen molar-refractivity contribution < 1.29 is 0 Å². The van der Waals surface area contributed by atoms with Gasteiger partial charge in [-0.3, -0.25) is 0 Å². The standard InChI is InChI=1S/C16H15N3/c1-3-9-16(11-18,12-19)15(8-10-17)14-6-4-13(2)5-7-14/h3-7,15H,1,8-9H2,2H3. The van der Waals surface area contributed by atoms with Crippen molar-refractivity contribution >= 4 is 0 Å². The highest BCUT2D eigenvalue weighted by Gasteiger charge is 2.39. The molecule has 1 unspecified atom stereocenters. The second-order valence-electron chi connectivity index (χ2n) is 4.51. The number of hydrogen-bond acceptors (Lipinski definition) is 3. The molecule has 0 amide bonds. The minimum absolute atomic E-state index is 0.137. The highest BCUT2D eigenvalue weighted by molar-refractivity contribution is 5.34. The molecule has 0 fully saturated rings. The molecule has 1 aromatic carbocycles. The van der Waals surface area contributed by atoms with Crippen LogP contribution in [0.4, 0.5) is 0 Å². The molecule has 3 heteroatoms. The second-order valence-corrected chi connectivity index (χ2v) is 4.51. The van der Waals surface area contributed by atoms with Crippen molar-refractivity contribution in [1.82, 2.24) is 0 Å². The topological polar surface area (TPSA) is 71.4 Å². The molecule has 94 valence electrons. The zero-order valence-corrected chi connectivity index (χ0v) is 10.9. The Labute approximate surface area is 114 Å². The maximum atomic E-state index is 9.39. The first kappa shape index (κ1) is 14.5. The zero-order chi connectivity index (χ0) is 14.3. The first-order chi connectivity index (χ1) is 9.13. The average molecular weight is 249 g/mol. The van der Waals surface area contributed by atoms with Crippen molar-refractivity contribution in [3.8, 4) is 18.2 Å². The molecular formula is C16H15N3. The van der Waals surface area contributed by atoms with E-state index in [9.17, 15) is 10.5 Å². The van der Waals surface area contributed by atoms with Gasteiger partial charge >= 0.3 is 0 Å². The smallest absolute Gasteiger partial charge is 0.155 e. The summed E-state index contributed by atoms with van der Waals surface area (Å²) >= 11 is 0. The van der Waals surface area contributed by atoms with Gasteiger partial charge in [-0.1, -0.05) is 35.9 Å². The van der Waals surface area contributed by atoms with Gasteiger partial charge in [0.05, 0.1) is 18.2 Å². The van der Waals surface area contributed by atoms with Gasteiger partial charge in [-0.2, -0.15) is 15.8 Å². The molecule has 0 aliphatic carbocycles. The van der Waals surface area contributed by atoms with Crippen LogP contribution in [0, 0.1) is 46.3 Å². The number of nitriles is 3. The number of hydrogen-bond donors (Lipinski definition) is 0. The quantitative estimate of drug-likeness (QED) is 0.748. The minimum atomic E-state index is -1.23. The number of rotatable bonds is 5. The van der Waals surface area contributed by atoms with E-state index in [4.69, 9.17) is 5.26 Å². The first-order valence-electron chi connectivity index (χ1n) is 6.00. The van der Waals surface area contributed by atoms with E-state index in [-0.39, 0.29) is 12.8 Å². The molecule has 0 aliphatic heterocycles. The summed E-state index contributed by atoms with van der Waals surface area (Å²) in [5.41, 5.74) is 0.715. The largest absolute Gasteiger partial charge is 0.198 e. The van der Waals surface area contributed by atoms with Gasteiger partial charge < -0.3 is 0 Å². The van der Waals surface area contributed by atoms with Crippen LogP contribution in [-0.4, -0.2) is 0 Å². The molecule has 3 nitrogen and oxygen atoms in total. The van der Waals surface area contributed by atoms with Crippen LogP contribution in [0.1, 0.15) is 29.9 Å². The number of benzene rings is 1. The monoisotopic (exact) mass is 249 g/mol. The summed E-state index contributed by atoms with van der Waals surface area (Å²) in [4.78, 5) is 0. The Kier molecular flexibility index (Phi) is 4.87. The summed E-state index contributed by atoms with van der Waals surface area (Å²) in [7, 11) is 0. The van der Waals surface area contributed by atoms with Crippen LogP contribution in [-0.2, 0) is 0 Å². The summed E-state index contributed by atoms with van der Waals surface area (Å²) in [6, 6.07) is 13.8. The third-order valence-electron chi connectivity index (χ3n) is 3.24. The van der Waals surface area contributed by atoms with Crippen molar-refractivity contribution in [3.05, 3.63) is 48.0 Å². The van der Waals surface area contributed by atoms with Gasteiger partial charge in [-0.25, -0.2) is 0 Å². The molecule has 0 aliphatic rings. The third-order valence-corrected chi connectivity index (χ3v) is 3.24. The number of nitrogens with zero attached hydrogens (tertiary/aromatic N) is 3. The Bertz CT molecular complexity index is 550. The van der Waals surface area contributed by atoms with E-state index in [0.29, 0.717) is 0 Å². The van der Waals surface area contributed by atoms with E-state index in [2.05, 4.69) is 24.8 Å². The van der Waals surface area contributed by atoms with Crippen LogP contribution in [0.15, 0.2) is 36.9 Å². The molecule has 0 N–H and O–H groups in total. The van der Waals surface area contributed by atoms with E-state index in [1.165, 1.54) is 0 Å². The highest BCUT2D eigenvalue weighted by Crippen LogP contribution is 2.40. The fourth-order valence-electron chi connectivity index (χ4n) is 2.11. The summed E-state index contributed by atoms with van der Waals surface area (Å²) < 4.78 is 0. The van der Waals surface area contributed by atoms with Gasteiger partial charge in [0.15, 0.2) is 5.41 Å². The fourth-order valence-corrected chi connectivity index (χ4v) is 2.11. The van der Waals surface area contributed by atoms with Crippen LogP contribution in [0.3, 0.4) is 0 Å². The summed E-state index contributed by atoms with van der Waals surface area (Å²) in [5.74, 6) is -0.425. The van der Waals surface area contributed by atoms with Gasteiger partial charge in [-0.15, -0.1) is 6.58 Å². The van der Waals surface area contributed by atoms with Crippen LogP contribution < -0.4 is 0 Å². The lowest BCUT2D eigenvalue weighted by Crippen LogP contribution is -2.25. The van der Waals surface area contributed by atoms with E-state index >= 15 is 0 Å². The van der Waals surface area contributed by atoms with Crippen LogP contribution in [0.2, 0.25) is 0 Å².